The fraction of sp³-hybridized carbons (Fsp3) is 0.364. The molecule has 2 heteroatoms. The first-order valence-electron chi connectivity index (χ1n) is 4.36. The summed E-state index contributed by atoms with van der Waals surface area (Å²) in [5.41, 5.74) is 2.22. The number of aryl methyl sites for hydroxylation is 1. The maximum Gasteiger partial charge on any atom is 0.0824 e. The van der Waals surface area contributed by atoms with Crippen LogP contribution in [0.5, 0.6) is 0 Å². The third-order valence-corrected chi connectivity index (χ3v) is 3.54. The van der Waals surface area contributed by atoms with Gasteiger partial charge in [0.25, 0.3) is 0 Å². The van der Waals surface area contributed by atoms with E-state index < -0.39 is 0 Å². The number of hydrogen-bond acceptors (Lipinski definition) is 1. The molecule has 0 aliphatic heterocycles. The molecule has 0 saturated heterocycles. The molecule has 0 bridgehead atoms. The van der Waals surface area contributed by atoms with Gasteiger partial charge in [0.05, 0.1) is 11.5 Å². The number of hydrogen-bond donors (Lipinski definition) is 0. The fourth-order valence-electron chi connectivity index (χ4n) is 1.48. The fourth-order valence-corrected chi connectivity index (χ4v) is 1.86. The topological polar surface area (TPSA) is 23.8 Å². The lowest BCUT2D eigenvalue weighted by molar-refractivity contribution is 0.906. The van der Waals surface area contributed by atoms with Gasteiger partial charge in [-0.15, -0.1) is 0 Å². The molecular weight excluding hydrogens is 226 g/mol. The molecule has 0 atom stereocenters. The summed E-state index contributed by atoms with van der Waals surface area (Å²) in [6, 6.07) is 8.60. The first kappa shape index (κ1) is 8.77. The summed E-state index contributed by atoms with van der Waals surface area (Å²) in [6.07, 6.45) is 2.03. The second-order valence-electron chi connectivity index (χ2n) is 3.66. The Balaban J connectivity index is 2.44. The zero-order chi connectivity index (χ0) is 9.47. The number of nitrogens with zero attached hydrogens (tertiary/aromatic N) is 1. The van der Waals surface area contributed by atoms with E-state index in [2.05, 4.69) is 47.1 Å². The Bertz CT molecular complexity index is 386. The van der Waals surface area contributed by atoms with E-state index in [9.17, 15) is 0 Å². The maximum atomic E-state index is 9.00. The molecule has 1 aromatic rings. The number of benzene rings is 1. The third-order valence-electron chi connectivity index (χ3n) is 2.69. The summed E-state index contributed by atoms with van der Waals surface area (Å²) in [5.74, 6) is 0. The van der Waals surface area contributed by atoms with Crippen LogP contribution in [0.15, 0.2) is 22.7 Å². The zero-order valence-electron chi connectivity index (χ0n) is 7.47. The van der Waals surface area contributed by atoms with Crippen molar-refractivity contribution in [2.45, 2.75) is 25.2 Å². The van der Waals surface area contributed by atoms with Gasteiger partial charge in [-0.05, 0) is 37.0 Å². The van der Waals surface area contributed by atoms with E-state index in [-0.39, 0.29) is 5.41 Å². The van der Waals surface area contributed by atoms with Crippen molar-refractivity contribution in [1.82, 2.24) is 0 Å². The first-order valence-corrected chi connectivity index (χ1v) is 5.15. The Morgan fingerprint density at radius 3 is 2.62 bits per heavy atom. The minimum atomic E-state index is -0.157. The molecule has 0 amide bonds. The lowest BCUT2D eigenvalue weighted by Gasteiger charge is -2.07. The van der Waals surface area contributed by atoms with Crippen LogP contribution in [0, 0.1) is 18.3 Å². The Morgan fingerprint density at radius 2 is 2.15 bits per heavy atom. The van der Waals surface area contributed by atoms with Crippen LogP contribution in [0.1, 0.15) is 24.0 Å². The lowest BCUT2D eigenvalue weighted by atomic mass is 9.97. The average Bonchev–Trinajstić information content (AvgIpc) is 2.90. The first-order chi connectivity index (χ1) is 6.18. The van der Waals surface area contributed by atoms with Crippen molar-refractivity contribution in [3.8, 4) is 6.07 Å². The van der Waals surface area contributed by atoms with E-state index in [0.29, 0.717) is 0 Å². The summed E-state index contributed by atoms with van der Waals surface area (Å²) in [7, 11) is 0. The Morgan fingerprint density at radius 1 is 1.46 bits per heavy atom. The van der Waals surface area contributed by atoms with E-state index >= 15 is 0 Å². The van der Waals surface area contributed by atoms with Crippen molar-refractivity contribution in [1.29, 1.82) is 5.26 Å². The van der Waals surface area contributed by atoms with Gasteiger partial charge < -0.3 is 0 Å². The molecular formula is C11H10BrN. The minimum Gasteiger partial charge on any atom is -0.197 e. The van der Waals surface area contributed by atoms with Gasteiger partial charge in [0.15, 0.2) is 0 Å². The molecule has 13 heavy (non-hydrogen) atoms. The van der Waals surface area contributed by atoms with Crippen molar-refractivity contribution >= 4 is 15.9 Å². The van der Waals surface area contributed by atoms with E-state index in [1.165, 1.54) is 5.56 Å². The maximum absolute atomic E-state index is 9.00. The summed E-state index contributed by atoms with van der Waals surface area (Å²) < 4.78 is 1.10. The summed E-state index contributed by atoms with van der Waals surface area (Å²) >= 11 is 3.49. The Hall–Kier alpha value is -0.810. The number of halogens is 1. The van der Waals surface area contributed by atoms with Crippen LogP contribution in [0.4, 0.5) is 0 Å². The van der Waals surface area contributed by atoms with Gasteiger partial charge in [-0.3, -0.25) is 0 Å². The summed E-state index contributed by atoms with van der Waals surface area (Å²) in [4.78, 5) is 0. The van der Waals surface area contributed by atoms with Gasteiger partial charge >= 0.3 is 0 Å². The van der Waals surface area contributed by atoms with Crippen LogP contribution in [0.3, 0.4) is 0 Å². The van der Waals surface area contributed by atoms with E-state index in [1.54, 1.807) is 0 Å². The van der Waals surface area contributed by atoms with Crippen LogP contribution in [0.25, 0.3) is 0 Å². The molecule has 0 N–H and O–H groups in total. The highest BCUT2D eigenvalue weighted by molar-refractivity contribution is 9.10. The molecule has 0 spiro atoms. The highest BCUT2D eigenvalue weighted by Crippen LogP contribution is 2.48. The number of nitriles is 1. The largest absolute Gasteiger partial charge is 0.197 e. The van der Waals surface area contributed by atoms with Crippen LogP contribution in [0.2, 0.25) is 0 Å². The molecule has 0 unspecified atom stereocenters. The van der Waals surface area contributed by atoms with Gasteiger partial charge in [-0.2, -0.15) is 5.26 Å². The summed E-state index contributed by atoms with van der Waals surface area (Å²) in [6.45, 7) is 2.06. The standard InChI is InChI=1S/C11H10BrN/c1-8-2-3-9(6-10(8)12)11(7-13)4-5-11/h2-3,6H,4-5H2,1H3. The van der Waals surface area contributed by atoms with E-state index in [4.69, 9.17) is 5.26 Å². The minimum absolute atomic E-state index is 0.157. The van der Waals surface area contributed by atoms with Crippen molar-refractivity contribution in [2.24, 2.45) is 0 Å². The van der Waals surface area contributed by atoms with Crippen molar-refractivity contribution in [2.75, 3.05) is 0 Å². The van der Waals surface area contributed by atoms with Gasteiger partial charge in [-0.25, -0.2) is 0 Å². The van der Waals surface area contributed by atoms with Crippen LogP contribution < -0.4 is 0 Å². The predicted octanol–water partition coefficient (Wildman–Crippen LogP) is 3.31. The second kappa shape index (κ2) is 2.85. The molecule has 1 aliphatic carbocycles. The van der Waals surface area contributed by atoms with Gasteiger partial charge in [0.2, 0.25) is 0 Å². The monoisotopic (exact) mass is 235 g/mol. The predicted molar refractivity (Wildman–Crippen MR) is 55.4 cm³/mol. The molecule has 66 valence electrons. The molecule has 1 aromatic carbocycles. The lowest BCUT2D eigenvalue weighted by Crippen LogP contribution is -2.02. The normalized spacial score (nSPS) is 17.9. The highest BCUT2D eigenvalue weighted by atomic mass is 79.9. The van der Waals surface area contributed by atoms with Crippen molar-refractivity contribution in [3.05, 3.63) is 33.8 Å². The molecule has 1 aliphatic rings. The quantitative estimate of drug-likeness (QED) is 0.733. The highest BCUT2D eigenvalue weighted by Gasteiger charge is 2.44. The number of rotatable bonds is 1. The average molecular weight is 236 g/mol. The van der Waals surface area contributed by atoms with Crippen LogP contribution in [-0.2, 0) is 5.41 Å². The Kier molecular flexibility index (Phi) is 1.92. The van der Waals surface area contributed by atoms with Crippen LogP contribution in [-0.4, -0.2) is 0 Å². The molecule has 1 fully saturated rings. The molecule has 0 aromatic heterocycles. The van der Waals surface area contributed by atoms with Crippen LogP contribution >= 0.6 is 15.9 Å². The SMILES string of the molecule is Cc1ccc(C2(C#N)CC2)cc1Br. The third kappa shape index (κ3) is 1.38. The molecule has 0 radical (unpaired) electrons. The van der Waals surface area contributed by atoms with E-state index in [1.807, 2.05) is 0 Å². The van der Waals surface area contributed by atoms with E-state index in [0.717, 1.165) is 22.9 Å². The second-order valence-corrected chi connectivity index (χ2v) is 4.51. The smallest absolute Gasteiger partial charge is 0.0824 e. The summed E-state index contributed by atoms with van der Waals surface area (Å²) in [5, 5.41) is 9.00. The van der Waals surface area contributed by atoms with Crippen molar-refractivity contribution < 1.29 is 0 Å². The molecule has 0 heterocycles. The van der Waals surface area contributed by atoms with Crippen molar-refractivity contribution in [3.63, 3.8) is 0 Å². The molecule has 1 nitrogen and oxygen atoms in total. The van der Waals surface area contributed by atoms with Gasteiger partial charge in [0, 0.05) is 4.47 Å². The molecule has 2 rings (SSSR count). The van der Waals surface area contributed by atoms with Gasteiger partial charge in [-0.1, -0.05) is 28.1 Å². The zero-order valence-corrected chi connectivity index (χ0v) is 9.06. The Labute approximate surface area is 86.5 Å². The van der Waals surface area contributed by atoms with Gasteiger partial charge in [0.1, 0.15) is 0 Å². The molecule has 1 saturated carbocycles.